The van der Waals surface area contributed by atoms with Gasteiger partial charge >= 0.3 is 18.1 Å². The molecule has 8 nitrogen and oxygen atoms in total. The van der Waals surface area contributed by atoms with Gasteiger partial charge in [0.25, 0.3) is 10.0 Å². The van der Waals surface area contributed by atoms with Gasteiger partial charge in [-0.3, -0.25) is 13.9 Å². The lowest BCUT2D eigenvalue weighted by atomic mass is 10.0. The summed E-state index contributed by atoms with van der Waals surface area (Å²) in [6, 6.07) is 7.85. The number of hydrogen-bond acceptors (Lipinski definition) is 7. The zero-order chi connectivity index (χ0) is 25.3. The number of hydrogen-bond donors (Lipinski definition) is 0. The molecule has 1 aliphatic heterocycles. The molecule has 1 unspecified atom stereocenters. The smallest absolute Gasteiger partial charge is 0.416 e. The molecule has 0 N–H and O–H groups in total. The lowest BCUT2D eigenvalue weighted by molar-refractivity contribution is -0.160. The summed E-state index contributed by atoms with van der Waals surface area (Å²) >= 11 is 3.24. The van der Waals surface area contributed by atoms with Crippen molar-refractivity contribution in [1.29, 1.82) is 0 Å². The molecule has 0 aliphatic carbocycles. The summed E-state index contributed by atoms with van der Waals surface area (Å²) < 4.78 is 83.0. The van der Waals surface area contributed by atoms with Crippen molar-refractivity contribution < 1.29 is 45.4 Å². The average molecular weight is 566 g/mol. The van der Waals surface area contributed by atoms with E-state index in [4.69, 9.17) is 4.74 Å². The summed E-state index contributed by atoms with van der Waals surface area (Å²) in [7, 11) is -2.33. The first kappa shape index (κ1) is 25.8. The molecule has 34 heavy (non-hydrogen) atoms. The molecule has 184 valence electrons. The van der Waals surface area contributed by atoms with Crippen LogP contribution in [0.1, 0.15) is 12.0 Å². The van der Waals surface area contributed by atoms with Gasteiger partial charge in [0, 0.05) is 10.9 Å². The van der Waals surface area contributed by atoms with Crippen molar-refractivity contribution in [2.45, 2.75) is 23.6 Å². The Morgan fingerprint density at radius 2 is 1.79 bits per heavy atom. The van der Waals surface area contributed by atoms with Crippen LogP contribution in [0.15, 0.2) is 51.8 Å². The maximum Gasteiger partial charge on any atom is 0.416 e. The number of rotatable bonds is 6. The molecule has 0 radical (unpaired) electrons. The molecule has 0 fully saturated rings. The Morgan fingerprint density at radius 1 is 1.15 bits per heavy atom. The standard InChI is InChI=1S/C21H19BrF3NO7S/c1-31-19(27)16(20(28)32-2)10-14-11-26(17-9-13(22)6-7-18(17)33-14)34(29,30)15-5-3-4-12(8-15)21(23,24)25/h3-9,14,16H,10-11H2,1-2H3. The summed E-state index contributed by atoms with van der Waals surface area (Å²) in [4.78, 5) is 23.6. The normalized spacial score (nSPS) is 16.0. The van der Waals surface area contributed by atoms with E-state index in [9.17, 15) is 31.2 Å². The van der Waals surface area contributed by atoms with Gasteiger partial charge in [0.2, 0.25) is 0 Å². The fourth-order valence-electron chi connectivity index (χ4n) is 3.43. The van der Waals surface area contributed by atoms with Gasteiger partial charge in [-0.05, 0) is 36.4 Å². The Bertz CT molecular complexity index is 1190. The number of fused-ring (bicyclic) bond motifs is 1. The number of halogens is 4. The van der Waals surface area contributed by atoms with Crippen LogP contribution in [0.5, 0.6) is 5.75 Å². The SMILES string of the molecule is COC(=O)C(CC1CN(S(=O)(=O)c2cccc(C(F)(F)F)c2)c2cc(Br)ccc2O1)C(=O)OC. The highest BCUT2D eigenvalue weighted by molar-refractivity contribution is 9.10. The van der Waals surface area contributed by atoms with Gasteiger partial charge in [-0.1, -0.05) is 22.0 Å². The maximum absolute atomic E-state index is 13.5. The van der Waals surface area contributed by atoms with Crippen LogP contribution in [0.3, 0.4) is 0 Å². The second kappa shape index (κ2) is 9.82. The number of carbonyl (C=O) groups is 2. The Morgan fingerprint density at radius 3 is 2.38 bits per heavy atom. The highest BCUT2D eigenvalue weighted by atomic mass is 79.9. The third kappa shape index (κ3) is 5.30. The van der Waals surface area contributed by atoms with E-state index in [0.717, 1.165) is 36.7 Å². The molecule has 0 amide bonds. The zero-order valence-corrected chi connectivity index (χ0v) is 20.2. The van der Waals surface area contributed by atoms with Crippen molar-refractivity contribution in [2.24, 2.45) is 5.92 Å². The molecule has 1 atom stereocenters. The Labute approximate surface area is 201 Å². The second-order valence-corrected chi connectivity index (χ2v) is 10.0. The van der Waals surface area contributed by atoms with Crippen molar-refractivity contribution in [2.75, 3.05) is 25.1 Å². The minimum Gasteiger partial charge on any atom is -0.486 e. The highest BCUT2D eigenvalue weighted by Gasteiger charge is 2.40. The Hall–Kier alpha value is -2.80. The molecule has 2 aromatic carbocycles. The lowest BCUT2D eigenvalue weighted by Crippen LogP contribution is -2.45. The number of alkyl halides is 3. The van der Waals surface area contributed by atoms with Gasteiger partial charge in [0.1, 0.15) is 11.9 Å². The first-order valence-corrected chi connectivity index (χ1v) is 11.9. The highest BCUT2D eigenvalue weighted by Crippen LogP contribution is 2.40. The summed E-state index contributed by atoms with van der Waals surface area (Å²) in [5.41, 5.74) is -1.04. The molecule has 1 aliphatic rings. The molecular formula is C21H19BrF3NO7S. The summed E-state index contributed by atoms with van der Waals surface area (Å²) in [6.07, 6.45) is -6.05. The first-order chi connectivity index (χ1) is 15.9. The maximum atomic E-state index is 13.5. The molecule has 13 heteroatoms. The van der Waals surface area contributed by atoms with Crippen LogP contribution in [0.25, 0.3) is 0 Å². The van der Waals surface area contributed by atoms with Gasteiger partial charge in [-0.2, -0.15) is 13.2 Å². The molecular weight excluding hydrogens is 547 g/mol. The van der Waals surface area contributed by atoms with E-state index in [-0.39, 0.29) is 24.4 Å². The molecule has 0 aromatic heterocycles. The number of sulfonamides is 1. The van der Waals surface area contributed by atoms with Gasteiger partial charge in [0.05, 0.1) is 36.9 Å². The van der Waals surface area contributed by atoms with Crippen molar-refractivity contribution in [3.05, 3.63) is 52.5 Å². The fraction of sp³-hybridized carbons (Fsp3) is 0.333. The lowest BCUT2D eigenvalue weighted by Gasteiger charge is -2.36. The van der Waals surface area contributed by atoms with Gasteiger partial charge in [0.15, 0.2) is 5.92 Å². The van der Waals surface area contributed by atoms with Crippen molar-refractivity contribution in [3.63, 3.8) is 0 Å². The monoisotopic (exact) mass is 565 g/mol. The van der Waals surface area contributed by atoms with E-state index in [2.05, 4.69) is 25.4 Å². The number of nitrogens with zero attached hydrogens (tertiary/aromatic N) is 1. The van der Waals surface area contributed by atoms with Gasteiger partial charge in [-0.25, -0.2) is 8.42 Å². The average Bonchev–Trinajstić information content (AvgIpc) is 2.80. The Kier molecular flexibility index (Phi) is 7.46. The second-order valence-electron chi connectivity index (χ2n) is 7.25. The minimum absolute atomic E-state index is 0.0794. The van der Waals surface area contributed by atoms with E-state index >= 15 is 0 Å². The number of anilines is 1. The van der Waals surface area contributed by atoms with Crippen LogP contribution in [0.2, 0.25) is 0 Å². The molecule has 0 spiro atoms. The Balaban J connectivity index is 2.05. The van der Waals surface area contributed by atoms with E-state index in [1.165, 1.54) is 12.1 Å². The van der Waals surface area contributed by atoms with Gasteiger partial charge in [-0.15, -0.1) is 0 Å². The van der Waals surface area contributed by atoms with Crippen LogP contribution in [0.4, 0.5) is 18.9 Å². The first-order valence-electron chi connectivity index (χ1n) is 9.70. The van der Waals surface area contributed by atoms with Crippen molar-refractivity contribution >= 4 is 43.6 Å². The quantitative estimate of drug-likeness (QED) is 0.388. The fourth-order valence-corrected chi connectivity index (χ4v) is 5.33. The molecule has 0 saturated heterocycles. The van der Waals surface area contributed by atoms with Crippen LogP contribution in [-0.2, 0) is 35.3 Å². The number of ether oxygens (including phenoxy) is 3. The predicted octanol–water partition coefficient (Wildman–Crippen LogP) is 3.78. The molecule has 2 aromatic rings. The van der Waals surface area contributed by atoms with E-state index in [0.29, 0.717) is 10.5 Å². The van der Waals surface area contributed by atoms with E-state index in [1.807, 2.05) is 0 Å². The topological polar surface area (TPSA) is 99.2 Å². The van der Waals surface area contributed by atoms with Crippen LogP contribution >= 0.6 is 15.9 Å². The summed E-state index contributed by atoms with van der Waals surface area (Å²) in [5, 5.41) is 0. The molecule has 1 heterocycles. The minimum atomic E-state index is -4.74. The van der Waals surface area contributed by atoms with E-state index in [1.54, 1.807) is 6.07 Å². The number of methoxy groups -OCH3 is 2. The van der Waals surface area contributed by atoms with Crippen LogP contribution < -0.4 is 9.04 Å². The molecule has 0 bridgehead atoms. The van der Waals surface area contributed by atoms with E-state index < -0.39 is 50.6 Å². The third-order valence-corrected chi connectivity index (χ3v) is 7.34. The zero-order valence-electron chi connectivity index (χ0n) is 17.8. The van der Waals surface area contributed by atoms with Crippen LogP contribution in [0, 0.1) is 5.92 Å². The summed E-state index contributed by atoms with van der Waals surface area (Å²) in [6.45, 7) is -0.382. The molecule has 0 saturated carbocycles. The van der Waals surface area contributed by atoms with Crippen LogP contribution in [-0.4, -0.2) is 47.2 Å². The van der Waals surface area contributed by atoms with Crippen molar-refractivity contribution in [3.8, 4) is 5.75 Å². The third-order valence-electron chi connectivity index (χ3n) is 5.07. The number of carbonyl (C=O) groups excluding carboxylic acids is 2. The summed E-state index contributed by atoms with van der Waals surface area (Å²) in [5.74, 6) is -3.09. The van der Waals surface area contributed by atoms with Gasteiger partial charge < -0.3 is 14.2 Å². The molecule has 3 rings (SSSR count). The number of esters is 2. The predicted molar refractivity (Wildman–Crippen MR) is 117 cm³/mol. The number of benzene rings is 2. The van der Waals surface area contributed by atoms with Crippen molar-refractivity contribution in [1.82, 2.24) is 0 Å². The largest absolute Gasteiger partial charge is 0.486 e.